The van der Waals surface area contributed by atoms with Crippen LogP contribution in [0.25, 0.3) is 0 Å². The third-order valence-corrected chi connectivity index (χ3v) is 3.10. The van der Waals surface area contributed by atoms with Crippen molar-refractivity contribution in [2.45, 2.75) is 45.6 Å². The number of aromatic hydroxyl groups is 1. The second-order valence-electron chi connectivity index (χ2n) is 5.82. The fourth-order valence-electron chi connectivity index (χ4n) is 2.07. The summed E-state index contributed by atoms with van der Waals surface area (Å²) >= 11 is 0. The van der Waals surface area contributed by atoms with Gasteiger partial charge in [-0.1, -0.05) is 39.8 Å². The lowest BCUT2D eigenvalue weighted by Gasteiger charge is -2.22. The predicted octanol–water partition coefficient (Wildman–Crippen LogP) is 1.70. The van der Waals surface area contributed by atoms with Crippen LogP contribution in [0.1, 0.15) is 38.8 Å². The number of likely N-dealkylation sites (N-methyl/N-ethyl adjacent to an activating group) is 1. The topological polar surface area (TPSA) is 75.3 Å². The number of rotatable bonds is 5. The minimum absolute atomic E-state index is 0.138. The zero-order valence-corrected chi connectivity index (χ0v) is 12.2. The normalized spacial score (nSPS) is 13.3. The summed E-state index contributed by atoms with van der Waals surface area (Å²) in [5, 5.41) is 13.0. The number of benzene rings is 1. The Morgan fingerprint density at radius 3 is 2.53 bits per heavy atom. The highest BCUT2D eigenvalue weighted by Gasteiger charge is 2.20. The van der Waals surface area contributed by atoms with Crippen LogP contribution in [-0.4, -0.2) is 23.6 Å². The van der Waals surface area contributed by atoms with Gasteiger partial charge in [0, 0.05) is 0 Å². The highest BCUT2D eigenvalue weighted by atomic mass is 16.3. The Balaban J connectivity index is 2.99. The Kier molecular flexibility index (Phi) is 4.95. The largest absolute Gasteiger partial charge is 0.508 e. The van der Waals surface area contributed by atoms with Crippen molar-refractivity contribution in [2.24, 2.45) is 5.73 Å². The summed E-state index contributed by atoms with van der Waals surface area (Å²) < 4.78 is 0. The number of nitrogens with two attached hydrogens (primary N) is 1. The molecule has 0 aliphatic rings. The van der Waals surface area contributed by atoms with E-state index in [2.05, 4.69) is 5.32 Å². The molecule has 0 aliphatic heterocycles. The molecule has 0 radical (unpaired) electrons. The summed E-state index contributed by atoms with van der Waals surface area (Å²) in [4.78, 5) is 11.4. The van der Waals surface area contributed by atoms with Crippen molar-refractivity contribution in [2.75, 3.05) is 6.54 Å². The van der Waals surface area contributed by atoms with Crippen molar-refractivity contribution >= 4 is 5.91 Å². The molecule has 4 heteroatoms. The van der Waals surface area contributed by atoms with E-state index < -0.39 is 0 Å². The van der Waals surface area contributed by atoms with Gasteiger partial charge in [-0.3, -0.25) is 4.79 Å². The number of hydrogen-bond acceptors (Lipinski definition) is 3. The van der Waals surface area contributed by atoms with E-state index >= 15 is 0 Å². The predicted molar refractivity (Wildman–Crippen MR) is 77.2 cm³/mol. The fourth-order valence-corrected chi connectivity index (χ4v) is 2.07. The molecule has 4 N–H and O–H groups in total. The van der Waals surface area contributed by atoms with E-state index in [0.717, 1.165) is 11.1 Å². The second-order valence-corrected chi connectivity index (χ2v) is 5.82. The van der Waals surface area contributed by atoms with Gasteiger partial charge in [0.15, 0.2) is 0 Å². The van der Waals surface area contributed by atoms with Crippen LogP contribution in [0.2, 0.25) is 0 Å². The summed E-state index contributed by atoms with van der Waals surface area (Å²) in [5.41, 5.74) is 7.11. The van der Waals surface area contributed by atoms with Crippen LogP contribution in [0.4, 0.5) is 0 Å². The van der Waals surface area contributed by atoms with E-state index in [9.17, 15) is 9.90 Å². The van der Waals surface area contributed by atoms with E-state index in [1.165, 1.54) is 0 Å². The van der Waals surface area contributed by atoms with Gasteiger partial charge in [0.2, 0.25) is 5.91 Å². The average molecular weight is 264 g/mol. The Labute approximate surface area is 115 Å². The van der Waals surface area contributed by atoms with Gasteiger partial charge < -0.3 is 16.2 Å². The van der Waals surface area contributed by atoms with Crippen molar-refractivity contribution in [1.29, 1.82) is 0 Å². The van der Waals surface area contributed by atoms with E-state index in [1.807, 2.05) is 39.8 Å². The number of hydrogen-bond donors (Lipinski definition) is 3. The molecule has 4 nitrogen and oxygen atoms in total. The van der Waals surface area contributed by atoms with Crippen LogP contribution in [0.15, 0.2) is 18.2 Å². The third kappa shape index (κ3) is 4.24. The minimum atomic E-state index is -0.373. The summed E-state index contributed by atoms with van der Waals surface area (Å²) in [6.07, 6.45) is 0.534. The van der Waals surface area contributed by atoms with E-state index in [4.69, 9.17) is 5.73 Å². The first-order valence-corrected chi connectivity index (χ1v) is 6.60. The van der Waals surface area contributed by atoms with Crippen LogP contribution in [0, 0.1) is 0 Å². The quantitative estimate of drug-likeness (QED) is 0.757. The van der Waals surface area contributed by atoms with Crippen molar-refractivity contribution in [3.05, 3.63) is 29.3 Å². The first kappa shape index (κ1) is 15.5. The van der Waals surface area contributed by atoms with Crippen molar-refractivity contribution in [3.63, 3.8) is 0 Å². The van der Waals surface area contributed by atoms with Gasteiger partial charge in [-0.05, 0) is 35.6 Å². The molecule has 0 aromatic heterocycles. The van der Waals surface area contributed by atoms with E-state index in [0.29, 0.717) is 13.0 Å². The minimum Gasteiger partial charge on any atom is -0.508 e. The lowest BCUT2D eigenvalue weighted by atomic mass is 9.85. The summed E-state index contributed by atoms with van der Waals surface area (Å²) in [6.45, 7) is 8.76. The maximum Gasteiger partial charge on any atom is 0.234 e. The number of phenols is 1. The molecule has 1 atom stereocenters. The molecule has 0 fully saturated rings. The number of carbonyl (C=O) groups is 1. The molecule has 19 heavy (non-hydrogen) atoms. The zero-order valence-electron chi connectivity index (χ0n) is 12.2. The summed E-state index contributed by atoms with van der Waals surface area (Å²) in [7, 11) is 0. The maximum absolute atomic E-state index is 11.4. The Morgan fingerprint density at radius 2 is 2.05 bits per heavy atom. The standard InChI is InChI=1S/C15H24N2O2/c1-5-17-12(14(16)19)9-10-6-7-13(18)11(8-10)15(2,3)4/h6-8,12,17-18H,5,9H2,1-4H3,(H2,16,19)/t12-/m0/s1. The van der Waals surface area contributed by atoms with E-state index in [1.54, 1.807) is 6.07 Å². The van der Waals surface area contributed by atoms with Crippen LogP contribution >= 0.6 is 0 Å². The molecule has 0 spiro atoms. The Morgan fingerprint density at radius 1 is 1.42 bits per heavy atom. The molecule has 0 bridgehead atoms. The van der Waals surface area contributed by atoms with Crippen molar-refractivity contribution in [1.82, 2.24) is 5.32 Å². The molecule has 1 rings (SSSR count). The van der Waals surface area contributed by atoms with Crippen LogP contribution in [0.3, 0.4) is 0 Å². The third-order valence-electron chi connectivity index (χ3n) is 3.10. The van der Waals surface area contributed by atoms with Crippen molar-refractivity contribution < 1.29 is 9.90 Å². The molecule has 0 heterocycles. The van der Waals surface area contributed by atoms with Gasteiger partial charge in [0.05, 0.1) is 6.04 Å². The molecule has 0 unspecified atom stereocenters. The van der Waals surface area contributed by atoms with Gasteiger partial charge in [-0.15, -0.1) is 0 Å². The first-order chi connectivity index (χ1) is 8.75. The SMILES string of the molecule is CCN[C@@H](Cc1ccc(O)c(C(C)(C)C)c1)C(N)=O. The number of nitrogens with one attached hydrogen (secondary N) is 1. The Hall–Kier alpha value is -1.55. The fraction of sp³-hybridized carbons (Fsp3) is 0.533. The number of amides is 1. The molecule has 1 aromatic carbocycles. The monoisotopic (exact) mass is 264 g/mol. The van der Waals surface area contributed by atoms with Gasteiger partial charge in [-0.2, -0.15) is 0 Å². The lowest BCUT2D eigenvalue weighted by molar-refractivity contribution is -0.120. The summed E-state index contributed by atoms with van der Waals surface area (Å²) in [6, 6.07) is 5.09. The molecule has 1 amide bonds. The molecule has 1 aromatic rings. The molecular formula is C15H24N2O2. The molecular weight excluding hydrogens is 240 g/mol. The van der Waals surface area contributed by atoms with Crippen LogP contribution < -0.4 is 11.1 Å². The molecule has 106 valence electrons. The van der Waals surface area contributed by atoms with Crippen LogP contribution in [-0.2, 0) is 16.6 Å². The summed E-state index contributed by atoms with van der Waals surface area (Å²) in [5.74, 6) is -0.0671. The molecule has 0 saturated carbocycles. The maximum atomic E-state index is 11.4. The van der Waals surface area contributed by atoms with Gasteiger partial charge in [-0.25, -0.2) is 0 Å². The number of carbonyl (C=O) groups excluding carboxylic acids is 1. The molecule has 0 saturated heterocycles. The highest BCUT2D eigenvalue weighted by Crippen LogP contribution is 2.31. The number of phenolic OH excluding ortho intramolecular Hbond substituents is 1. The second kappa shape index (κ2) is 6.06. The van der Waals surface area contributed by atoms with Crippen molar-refractivity contribution in [3.8, 4) is 5.75 Å². The van der Waals surface area contributed by atoms with E-state index in [-0.39, 0.29) is 23.1 Å². The van der Waals surface area contributed by atoms with Gasteiger partial charge in [0.1, 0.15) is 5.75 Å². The number of primary amides is 1. The lowest BCUT2D eigenvalue weighted by Crippen LogP contribution is -2.42. The highest BCUT2D eigenvalue weighted by molar-refractivity contribution is 5.80. The van der Waals surface area contributed by atoms with Gasteiger partial charge in [0.25, 0.3) is 0 Å². The average Bonchev–Trinajstić information content (AvgIpc) is 2.29. The first-order valence-electron chi connectivity index (χ1n) is 6.60. The van der Waals surface area contributed by atoms with Gasteiger partial charge >= 0.3 is 0 Å². The van der Waals surface area contributed by atoms with Crippen LogP contribution in [0.5, 0.6) is 5.75 Å². The Bertz CT molecular complexity index is 450. The zero-order chi connectivity index (χ0) is 14.6. The smallest absolute Gasteiger partial charge is 0.234 e. The molecule has 0 aliphatic carbocycles.